The lowest BCUT2D eigenvalue weighted by molar-refractivity contribution is -0.127. The summed E-state index contributed by atoms with van der Waals surface area (Å²) in [5.74, 6) is 0.723. The van der Waals surface area contributed by atoms with E-state index in [2.05, 4.69) is 22.2 Å². The Kier molecular flexibility index (Phi) is 3.06. The van der Waals surface area contributed by atoms with Gasteiger partial charge >= 0.3 is 0 Å². The maximum atomic E-state index is 12.2. The van der Waals surface area contributed by atoms with Crippen LogP contribution in [0.25, 0.3) is 0 Å². The fourth-order valence-electron chi connectivity index (χ4n) is 2.23. The summed E-state index contributed by atoms with van der Waals surface area (Å²) in [6, 6.07) is 0. The molecule has 0 aromatic carbocycles. The maximum Gasteiger partial charge on any atom is 0.238 e. The van der Waals surface area contributed by atoms with E-state index in [-0.39, 0.29) is 10.9 Å². The number of nitrogens with one attached hydrogen (secondary N) is 1. The Hall–Kier alpha value is -1.56. The van der Waals surface area contributed by atoms with Gasteiger partial charge in [0, 0.05) is 12.4 Å². The van der Waals surface area contributed by atoms with E-state index in [0.717, 1.165) is 0 Å². The predicted octanol–water partition coefficient (Wildman–Crippen LogP) is 1.12. The number of aromatic nitrogens is 2. The molecule has 90 valence electrons. The standard InChI is InChI=1S/C11H14N4OS/c1-7-4-11(5-7,9(12)17)10(16)15-8-6-13-2-3-14-8/h2-3,6-7H,4-5H2,1H3,(H2,12,17)(H,14,15,16). The lowest BCUT2D eigenvalue weighted by Crippen LogP contribution is -2.53. The van der Waals surface area contributed by atoms with E-state index >= 15 is 0 Å². The smallest absolute Gasteiger partial charge is 0.238 e. The van der Waals surface area contributed by atoms with Gasteiger partial charge < -0.3 is 11.1 Å². The fraction of sp³-hybridized carbons (Fsp3) is 0.455. The predicted molar refractivity (Wildman–Crippen MR) is 68.3 cm³/mol. The number of thiocarbonyl (C=S) groups is 1. The van der Waals surface area contributed by atoms with Gasteiger partial charge in [0.15, 0.2) is 5.82 Å². The summed E-state index contributed by atoms with van der Waals surface area (Å²) in [4.78, 5) is 20.3. The molecule has 1 saturated carbocycles. The molecule has 3 N–H and O–H groups in total. The number of anilines is 1. The first-order valence-electron chi connectivity index (χ1n) is 5.42. The summed E-state index contributed by atoms with van der Waals surface area (Å²) in [6.07, 6.45) is 5.97. The monoisotopic (exact) mass is 250 g/mol. The van der Waals surface area contributed by atoms with Crippen LogP contribution in [0, 0.1) is 11.3 Å². The Morgan fingerprint density at radius 2 is 2.29 bits per heavy atom. The van der Waals surface area contributed by atoms with Crippen LogP contribution in [-0.2, 0) is 4.79 Å². The van der Waals surface area contributed by atoms with Gasteiger partial charge in [0.25, 0.3) is 0 Å². The van der Waals surface area contributed by atoms with Crippen molar-refractivity contribution >= 4 is 28.9 Å². The molecule has 1 fully saturated rings. The maximum absolute atomic E-state index is 12.2. The average molecular weight is 250 g/mol. The van der Waals surface area contributed by atoms with Crippen molar-refractivity contribution in [1.29, 1.82) is 0 Å². The van der Waals surface area contributed by atoms with Crippen LogP contribution in [-0.4, -0.2) is 20.9 Å². The second-order valence-corrected chi connectivity index (χ2v) is 4.94. The molecule has 0 radical (unpaired) electrons. The van der Waals surface area contributed by atoms with Crippen molar-refractivity contribution in [2.24, 2.45) is 17.1 Å². The average Bonchev–Trinajstić information content (AvgIpc) is 2.25. The van der Waals surface area contributed by atoms with E-state index in [1.165, 1.54) is 12.4 Å². The molecule has 2 rings (SSSR count). The van der Waals surface area contributed by atoms with Crippen LogP contribution in [0.5, 0.6) is 0 Å². The Morgan fingerprint density at radius 1 is 1.59 bits per heavy atom. The van der Waals surface area contributed by atoms with Crippen molar-refractivity contribution in [2.75, 3.05) is 5.32 Å². The zero-order valence-electron chi connectivity index (χ0n) is 9.51. The van der Waals surface area contributed by atoms with Gasteiger partial charge in [-0.2, -0.15) is 0 Å². The summed E-state index contributed by atoms with van der Waals surface area (Å²) in [6.45, 7) is 2.08. The molecule has 1 aliphatic rings. The van der Waals surface area contributed by atoms with Crippen molar-refractivity contribution in [3.8, 4) is 0 Å². The van der Waals surface area contributed by atoms with Gasteiger partial charge in [-0.25, -0.2) is 4.98 Å². The van der Waals surface area contributed by atoms with E-state index in [4.69, 9.17) is 18.0 Å². The molecule has 0 unspecified atom stereocenters. The molecule has 0 spiro atoms. The number of carbonyl (C=O) groups is 1. The highest BCUT2D eigenvalue weighted by Gasteiger charge is 2.50. The summed E-state index contributed by atoms with van der Waals surface area (Å²) in [5.41, 5.74) is 4.98. The first-order valence-corrected chi connectivity index (χ1v) is 5.83. The number of nitrogens with two attached hydrogens (primary N) is 1. The Morgan fingerprint density at radius 3 is 2.76 bits per heavy atom. The van der Waals surface area contributed by atoms with Crippen LogP contribution in [0.4, 0.5) is 5.82 Å². The molecule has 0 bridgehead atoms. The van der Waals surface area contributed by atoms with E-state index < -0.39 is 5.41 Å². The van der Waals surface area contributed by atoms with Crippen molar-refractivity contribution < 1.29 is 4.79 Å². The highest BCUT2D eigenvalue weighted by molar-refractivity contribution is 7.80. The van der Waals surface area contributed by atoms with Crippen molar-refractivity contribution in [2.45, 2.75) is 19.8 Å². The SMILES string of the molecule is CC1CC(C(=O)Nc2cnccn2)(C(N)=S)C1. The minimum Gasteiger partial charge on any atom is -0.392 e. The third kappa shape index (κ3) is 2.12. The van der Waals surface area contributed by atoms with E-state index in [1.54, 1.807) is 6.20 Å². The van der Waals surface area contributed by atoms with Gasteiger partial charge in [0.05, 0.1) is 16.6 Å². The summed E-state index contributed by atoms with van der Waals surface area (Å²) < 4.78 is 0. The topological polar surface area (TPSA) is 80.9 Å². The largest absolute Gasteiger partial charge is 0.392 e. The molecule has 0 saturated heterocycles. The molecule has 5 nitrogen and oxygen atoms in total. The third-order valence-electron chi connectivity index (χ3n) is 3.10. The lowest BCUT2D eigenvalue weighted by atomic mass is 9.62. The molecule has 0 atom stereocenters. The van der Waals surface area contributed by atoms with Gasteiger partial charge in [-0.1, -0.05) is 19.1 Å². The number of rotatable bonds is 3. The molecule has 0 aliphatic heterocycles. The first-order chi connectivity index (χ1) is 8.04. The summed E-state index contributed by atoms with van der Waals surface area (Å²) in [7, 11) is 0. The van der Waals surface area contributed by atoms with Crippen LogP contribution >= 0.6 is 12.2 Å². The molecule has 1 amide bonds. The minimum atomic E-state index is -0.702. The van der Waals surface area contributed by atoms with Crippen LogP contribution in [0.1, 0.15) is 19.8 Å². The fourth-order valence-corrected chi connectivity index (χ4v) is 2.49. The highest BCUT2D eigenvalue weighted by Crippen LogP contribution is 2.46. The van der Waals surface area contributed by atoms with Crippen molar-refractivity contribution in [3.05, 3.63) is 18.6 Å². The quantitative estimate of drug-likeness (QED) is 0.786. The number of carbonyl (C=O) groups excluding carboxylic acids is 1. The molecule has 1 heterocycles. The van der Waals surface area contributed by atoms with Gasteiger partial charge in [-0.15, -0.1) is 0 Å². The van der Waals surface area contributed by atoms with E-state index in [0.29, 0.717) is 24.6 Å². The Labute approximate surface area is 105 Å². The summed E-state index contributed by atoms with van der Waals surface area (Å²) in [5, 5.41) is 2.71. The third-order valence-corrected chi connectivity index (χ3v) is 3.50. The van der Waals surface area contributed by atoms with E-state index in [9.17, 15) is 4.79 Å². The summed E-state index contributed by atoms with van der Waals surface area (Å²) >= 11 is 5.01. The second kappa shape index (κ2) is 4.37. The number of hydrogen-bond donors (Lipinski definition) is 2. The number of hydrogen-bond acceptors (Lipinski definition) is 4. The van der Waals surface area contributed by atoms with Gasteiger partial charge in [-0.3, -0.25) is 9.78 Å². The molecular formula is C11H14N4OS. The second-order valence-electron chi connectivity index (χ2n) is 4.50. The number of nitrogens with zero attached hydrogens (tertiary/aromatic N) is 2. The van der Waals surface area contributed by atoms with Crippen molar-refractivity contribution in [1.82, 2.24) is 9.97 Å². The Balaban J connectivity index is 2.12. The number of amides is 1. The zero-order chi connectivity index (χ0) is 12.5. The molecular weight excluding hydrogens is 236 g/mol. The van der Waals surface area contributed by atoms with Crippen LogP contribution in [0.3, 0.4) is 0 Å². The lowest BCUT2D eigenvalue weighted by Gasteiger charge is -2.43. The minimum absolute atomic E-state index is 0.177. The van der Waals surface area contributed by atoms with Crippen LogP contribution < -0.4 is 11.1 Å². The van der Waals surface area contributed by atoms with Gasteiger partial charge in [0.1, 0.15) is 0 Å². The Bertz CT molecular complexity index is 442. The van der Waals surface area contributed by atoms with Crippen LogP contribution in [0.15, 0.2) is 18.6 Å². The van der Waals surface area contributed by atoms with Gasteiger partial charge in [-0.05, 0) is 18.8 Å². The van der Waals surface area contributed by atoms with E-state index in [1.807, 2.05) is 0 Å². The highest BCUT2D eigenvalue weighted by atomic mass is 32.1. The first kappa shape index (κ1) is 11.9. The van der Waals surface area contributed by atoms with Crippen molar-refractivity contribution in [3.63, 3.8) is 0 Å². The molecule has 6 heteroatoms. The van der Waals surface area contributed by atoms with Gasteiger partial charge in [0.2, 0.25) is 5.91 Å². The van der Waals surface area contributed by atoms with Crippen LogP contribution in [0.2, 0.25) is 0 Å². The normalized spacial score (nSPS) is 27.0. The molecule has 17 heavy (non-hydrogen) atoms. The zero-order valence-corrected chi connectivity index (χ0v) is 10.3. The molecule has 1 aromatic rings. The molecule has 1 aliphatic carbocycles. The molecule has 1 aromatic heterocycles.